The summed E-state index contributed by atoms with van der Waals surface area (Å²) in [5.41, 5.74) is 1.76. The van der Waals surface area contributed by atoms with Crippen LogP contribution in [-0.2, 0) is 11.2 Å². The third kappa shape index (κ3) is 2.51. The largest absolute Gasteiger partial charge is 0.508 e. The number of hydrogen-bond donors (Lipinski definition) is 2. The number of phenols is 1. The molecular weight excluding hydrogens is 423 g/mol. The molecule has 0 saturated heterocycles. The van der Waals surface area contributed by atoms with E-state index in [2.05, 4.69) is 35.6 Å². The average molecular weight is 450 g/mol. The van der Waals surface area contributed by atoms with Crippen molar-refractivity contribution in [3.05, 3.63) is 39.5 Å². The van der Waals surface area contributed by atoms with E-state index < -0.39 is 5.60 Å². The minimum Gasteiger partial charge on any atom is -0.508 e. The highest BCUT2D eigenvalue weighted by Gasteiger charge is 2.63. The fourth-order valence-corrected chi connectivity index (χ4v) is 6.86. The monoisotopic (exact) mass is 450 g/mol. The molecule has 6 atom stereocenters. The van der Waals surface area contributed by atoms with E-state index in [1.807, 2.05) is 29.4 Å². The SMILES string of the molecule is CO[C@H]1C[C@@]2(C)[C@@H](CC[C@@]2(O)/C=C\[123I])[C@@H]2CCc3cc(O)ccc3[C@H]21. The van der Waals surface area contributed by atoms with Crippen molar-refractivity contribution in [2.24, 2.45) is 17.3 Å². The number of fused-ring (bicyclic) bond motifs is 5. The van der Waals surface area contributed by atoms with Gasteiger partial charge >= 0.3 is 0 Å². The number of ether oxygens (including phenoxy) is 1. The number of phenolic OH excluding ortho intramolecular Hbond substituents is 1. The van der Waals surface area contributed by atoms with Gasteiger partial charge in [0.05, 0.1) is 11.7 Å². The second-order valence-electron chi connectivity index (χ2n) is 8.37. The van der Waals surface area contributed by atoms with Crippen LogP contribution in [0.3, 0.4) is 0 Å². The minimum absolute atomic E-state index is 0.113. The van der Waals surface area contributed by atoms with Gasteiger partial charge in [-0.3, -0.25) is 0 Å². The summed E-state index contributed by atoms with van der Waals surface area (Å²) in [4.78, 5) is 0. The Labute approximate surface area is 163 Å². The molecule has 3 aliphatic carbocycles. The molecule has 3 nitrogen and oxygen atoms in total. The number of aliphatic hydroxyl groups is 1. The van der Waals surface area contributed by atoms with Gasteiger partial charge in [0.1, 0.15) is 5.75 Å². The zero-order valence-corrected chi connectivity index (χ0v) is 17.1. The molecule has 0 aliphatic heterocycles. The topological polar surface area (TPSA) is 49.7 Å². The predicted molar refractivity (Wildman–Crippen MR) is 107 cm³/mol. The van der Waals surface area contributed by atoms with Crippen LogP contribution in [0.2, 0.25) is 0 Å². The van der Waals surface area contributed by atoms with E-state index in [4.69, 9.17) is 4.74 Å². The number of halogens is 1. The van der Waals surface area contributed by atoms with Crippen molar-refractivity contribution in [1.29, 1.82) is 0 Å². The summed E-state index contributed by atoms with van der Waals surface area (Å²) < 4.78 is 7.96. The summed E-state index contributed by atoms with van der Waals surface area (Å²) in [7, 11) is 1.81. The minimum atomic E-state index is -0.726. The fourth-order valence-electron chi connectivity index (χ4n) is 6.26. The first-order chi connectivity index (χ1) is 11.9. The van der Waals surface area contributed by atoms with Crippen molar-refractivity contribution in [1.82, 2.24) is 0 Å². The van der Waals surface area contributed by atoms with Gasteiger partial charge in [-0.15, -0.1) is 0 Å². The van der Waals surface area contributed by atoms with E-state index in [-0.39, 0.29) is 11.5 Å². The van der Waals surface area contributed by atoms with Crippen molar-refractivity contribution in [2.75, 3.05) is 7.11 Å². The van der Waals surface area contributed by atoms with Crippen LogP contribution in [0.5, 0.6) is 5.75 Å². The quantitative estimate of drug-likeness (QED) is 0.650. The molecule has 1 aromatic rings. The van der Waals surface area contributed by atoms with Crippen LogP contribution in [-0.4, -0.2) is 29.0 Å². The van der Waals surface area contributed by atoms with Crippen LogP contribution in [0.4, 0.5) is 0 Å². The van der Waals surface area contributed by atoms with Gasteiger partial charge < -0.3 is 14.9 Å². The Morgan fingerprint density at radius 3 is 2.84 bits per heavy atom. The maximum Gasteiger partial charge on any atom is 0.115 e. The van der Waals surface area contributed by atoms with Gasteiger partial charge in [0.15, 0.2) is 0 Å². The number of rotatable bonds is 2. The molecule has 1 aromatic carbocycles. The second-order valence-corrected chi connectivity index (χ2v) is 9.09. The van der Waals surface area contributed by atoms with Gasteiger partial charge in [0.25, 0.3) is 0 Å². The molecule has 25 heavy (non-hydrogen) atoms. The van der Waals surface area contributed by atoms with E-state index in [9.17, 15) is 10.2 Å². The lowest BCUT2D eigenvalue weighted by Gasteiger charge is -2.55. The number of aryl methyl sites for hydroxylation is 1. The van der Waals surface area contributed by atoms with Crippen LogP contribution < -0.4 is 0 Å². The number of methoxy groups -OCH3 is 1. The Morgan fingerprint density at radius 1 is 1.32 bits per heavy atom. The van der Waals surface area contributed by atoms with Crippen LogP contribution in [0.15, 0.2) is 28.4 Å². The molecule has 0 heterocycles. The van der Waals surface area contributed by atoms with Crippen molar-refractivity contribution < 1.29 is 14.9 Å². The fraction of sp³-hybridized carbons (Fsp3) is 0.619. The summed E-state index contributed by atoms with van der Waals surface area (Å²) >= 11 is 2.22. The first-order valence-electron chi connectivity index (χ1n) is 9.28. The third-order valence-corrected chi connectivity index (χ3v) is 7.88. The van der Waals surface area contributed by atoms with Crippen LogP contribution in [0, 0.1) is 17.3 Å². The molecule has 0 amide bonds. The molecule has 136 valence electrons. The maximum absolute atomic E-state index is 11.4. The highest BCUT2D eigenvalue weighted by atomic mass is 123. The Hall–Kier alpha value is -0.590. The van der Waals surface area contributed by atoms with Gasteiger partial charge in [-0.05, 0) is 77.4 Å². The highest BCUT2D eigenvalue weighted by molar-refractivity contribution is 14.1. The molecular formula is C21H27IO3. The van der Waals surface area contributed by atoms with E-state index >= 15 is 0 Å². The molecule has 0 spiro atoms. The van der Waals surface area contributed by atoms with Crippen molar-refractivity contribution in [3.8, 4) is 5.75 Å². The molecule has 3 aliphatic rings. The standard InChI is InChI=1S/C21H27IO3/c1-20-12-18(25-2)19-15-6-4-14(23)11-13(15)3-5-16(19)17(20)7-8-21(20,24)9-10-22/h4,6,9-11,16-19,23-24H,3,5,7-8,12H2,1-2H3/b10-9-/t16-,17-,18-,19+,20-,21+/m0/s1/i22-4. The normalized spacial score (nSPS) is 42.9. The maximum atomic E-state index is 11.4. The number of benzene rings is 1. The van der Waals surface area contributed by atoms with E-state index in [0.717, 1.165) is 32.1 Å². The van der Waals surface area contributed by atoms with E-state index in [1.165, 1.54) is 11.1 Å². The summed E-state index contributed by atoms with van der Waals surface area (Å²) in [6.45, 7) is 2.27. The smallest absolute Gasteiger partial charge is 0.115 e. The lowest BCUT2D eigenvalue weighted by molar-refractivity contribution is -0.120. The molecule has 4 rings (SSSR count). The predicted octanol–water partition coefficient (Wildman–Crippen LogP) is 4.55. The van der Waals surface area contributed by atoms with Gasteiger partial charge in [-0.2, -0.15) is 0 Å². The molecule has 0 bridgehead atoms. The van der Waals surface area contributed by atoms with Crippen LogP contribution in [0.1, 0.15) is 49.7 Å². The molecule has 4 heteroatoms. The zero-order valence-electron chi connectivity index (χ0n) is 14.9. The summed E-state index contributed by atoms with van der Waals surface area (Å²) in [5, 5.41) is 21.3. The first kappa shape index (κ1) is 17.8. The van der Waals surface area contributed by atoms with Gasteiger partial charge in [-0.25, -0.2) is 0 Å². The Morgan fingerprint density at radius 2 is 2.12 bits per heavy atom. The summed E-state index contributed by atoms with van der Waals surface area (Å²) in [6.07, 6.45) is 7.05. The zero-order chi connectivity index (χ0) is 17.8. The van der Waals surface area contributed by atoms with Crippen LogP contribution in [0.25, 0.3) is 0 Å². The van der Waals surface area contributed by atoms with Gasteiger partial charge in [0, 0.05) is 18.4 Å². The van der Waals surface area contributed by atoms with Crippen molar-refractivity contribution in [2.45, 2.75) is 56.7 Å². The highest BCUT2D eigenvalue weighted by Crippen LogP contribution is 2.65. The Balaban J connectivity index is 1.78. The summed E-state index contributed by atoms with van der Waals surface area (Å²) in [5.74, 6) is 1.79. The molecule has 2 N–H and O–H groups in total. The van der Waals surface area contributed by atoms with Crippen LogP contribution >= 0.6 is 22.6 Å². The average Bonchev–Trinajstić information content (AvgIpc) is 2.85. The van der Waals surface area contributed by atoms with Crippen molar-refractivity contribution in [3.63, 3.8) is 0 Å². The van der Waals surface area contributed by atoms with E-state index in [1.54, 1.807) is 0 Å². The molecule has 2 fully saturated rings. The third-order valence-electron chi connectivity index (χ3n) is 7.52. The Bertz CT molecular complexity index is 702. The lowest BCUT2D eigenvalue weighted by Crippen LogP contribution is -2.54. The number of aromatic hydroxyl groups is 1. The first-order valence-corrected chi connectivity index (χ1v) is 10.5. The summed E-state index contributed by atoms with van der Waals surface area (Å²) in [6, 6.07) is 5.84. The molecule has 0 aromatic heterocycles. The molecule has 2 saturated carbocycles. The molecule has 0 unspecified atom stereocenters. The van der Waals surface area contributed by atoms with Crippen molar-refractivity contribution >= 4 is 22.6 Å². The van der Waals surface area contributed by atoms with E-state index in [0.29, 0.717) is 23.5 Å². The molecule has 0 radical (unpaired) electrons. The number of hydrogen-bond acceptors (Lipinski definition) is 3. The van der Waals surface area contributed by atoms with Gasteiger partial charge in [-0.1, -0.05) is 35.6 Å². The van der Waals surface area contributed by atoms with Gasteiger partial charge in [0.2, 0.25) is 0 Å². The second kappa shape index (κ2) is 6.24. The lowest BCUT2D eigenvalue weighted by atomic mass is 9.52. The Kier molecular flexibility index (Phi) is 4.44.